The molecule has 3 rings (SSSR count). The van der Waals surface area contributed by atoms with E-state index in [0.29, 0.717) is 5.02 Å². The van der Waals surface area contributed by atoms with E-state index < -0.39 is 23.6 Å². The maximum atomic E-state index is 12.7. The number of benzene rings is 2. The van der Waals surface area contributed by atoms with Crippen molar-refractivity contribution >= 4 is 17.5 Å². The first-order chi connectivity index (χ1) is 13.9. The number of hydrogen-bond donors (Lipinski definition) is 3. The lowest BCUT2D eigenvalue weighted by Crippen LogP contribution is -2.27. The second-order valence-corrected chi connectivity index (χ2v) is 7.06. The molecule has 150 valence electrons. The Morgan fingerprint density at radius 1 is 1.07 bits per heavy atom. The van der Waals surface area contributed by atoms with Gasteiger partial charge < -0.3 is 15.5 Å². The highest BCUT2D eigenvalue weighted by Crippen LogP contribution is 2.31. The monoisotopic (exact) mass is 412 g/mol. The smallest absolute Gasteiger partial charge is 0.274 e. The molecular formula is C21H21ClN4O3. The Labute approximate surface area is 173 Å². The number of amides is 1. The molecule has 3 N–H and O–H groups in total. The van der Waals surface area contributed by atoms with Gasteiger partial charge in [-0.15, -0.1) is 0 Å². The van der Waals surface area contributed by atoms with Crippen LogP contribution >= 0.6 is 11.6 Å². The lowest BCUT2D eigenvalue weighted by molar-refractivity contribution is 0.0940. The molecule has 1 aromatic heterocycles. The number of aromatic nitrogens is 2. The molecule has 0 bridgehead atoms. The van der Waals surface area contributed by atoms with Crippen LogP contribution in [-0.4, -0.2) is 45.1 Å². The summed E-state index contributed by atoms with van der Waals surface area (Å²) in [5, 5.41) is 23.5. The van der Waals surface area contributed by atoms with Crippen molar-refractivity contribution in [1.29, 1.82) is 0 Å². The Morgan fingerprint density at radius 3 is 2.38 bits per heavy atom. The minimum absolute atomic E-state index is 0.147. The number of hydrogen-bond acceptors (Lipinski definition) is 6. The Kier molecular flexibility index (Phi) is 6.31. The van der Waals surface area contributed by atoms with Crippen molar-refractivity contribution in [2.24, 2.45) is 0 Å². The van der Waals surface area contributed by atoms with Gasteiger partial charge in [0.25, 0.3) is 11.8 Å². The van der Waals surface area contributed by atoms with Crippen molar-refractivity contribution < 1.29 is 15.0 Å². The summed E-state index contributed by atoms with van der Waals surface area (Å²) in [5.41, 5.74) is 1.29. The van der Waals surface area contributed by atoms with E-state index in [0.717, 1.165) is 11.1 Å². The van der Waals surface area contributed by atoms with Crippen LogP contribution in [0, 0.1) is 0 Å². The summed E-state index contributed by atoms with van der Waals surface area (Å²) in [5.74, 6) is -1.78. The predicted molar refractivity (Wildman–Crippen MR) is 110 cm³/mol. The van der Waals surface area contributed by atoms with Crippen molar-refractivity contribution in [1.82, 2.24) is 20.2 Å². The zero-order valence-corrected chi connectivity index (χ0v) is 16.8. The third-order valence-electron chi connectivity index (χ3n) is 4.37. The molecule has 0 radical (unpaired) electrons. The van der Waals surface area contributed by atoms with Gasteiger partial charge in [0.2, 0.25) is 5.75 Å². The van der Waals surface area contributed by atoms with Crippen LogP contribution in [0.3, 0.4) is 0 Å². The molecule has 1 amide bonds. The standard InChI is InChI=1S/C21H21ClN4O3/c1-26(2)17(13-8-4-3-5-9-13)19-24-16(18(27)21(29)25-19)20(28)23-12-14-10-6-7-11-15(14)22/h3-11,17,27H,12H2,1-2H3,(H,23,28)(H,24,25,29). The van der Waals surface area contributed by atoms with Crippen LogP contribution in [0.1, 0.15) is 33.5 Å². The largest absolute Gasteiger partial charge is 0.501 e. The summed E-state index contributed by atoms with van der Waals surface area (Å²) in [6.07, 6.45) is 0. The number of carbonyl (C=O) groups is 1. The number of nitrogens with zero attached hydrogens (tertiary/aromatic N) is 3. The van der Waals surface area contributed by atoms with E-state index in [4.69, 9.17) is 11.6 Å². The van der Waals surface area contributed by atoms with Crippen molar-refractivity contribution in [3.8, 4) is 11.6 Å². The summed E-state index contributed by atoms with van der Waals surface area (Å²) >= 11 is 6.11. The van der Waals surface area contributed by atoms with Crippen LogP contribution in [0.2, 0.25) is 5.02 Å². The zero-order valence-electron chi connectivity index (χ0n) is 16.0. The average molecular weight is 413 g/mol. The predicted octanol–water partition coefficient (Wildman–Crippen LogP) is 3.12. The molecule has 0 aliphatic rings. The first-order valence-corrected chi connectivity index (χ1v) is 9.29. The SMILES string of the molecule is CN(C)C(c1ccccc1)c1nc(O)c(O)c(C(=O)NCc2ccccc2Cl)n1. The molecule has 0 saturated carbocycles. The van der Waals surface area contributed by atoms with Gasteiger partial charge in [-0.1, -0.05) is 60.1 Å². The Balaban J connectivity index is 1.92. The molecule has 0 fully saturated rings. The van der Waals surface area contributed by atoms with Gasteiger partial charge in [-0.3, -0.25) is 9.69 Å². The van der Waals surface area contributed by atoms with Crippen LogP contribution in [0.25, 0.3) is 0 Å². The summed E-state index contributed by atoms with van der Waals surface area (Å²) in [4.78, 5) is 22.8. The molecule has 1 atom stereocenters. The fourth-order valence-corrected chi connectivity index (χ4v) is 3.16. The fourth-order valence-electron chi connectivity index (χ4n) is 2.95. The summed E-state index contributed by atoms with van der Waals surface area (Å²) in [7, 11) is 3.67. The second-order valence-electron chi connectivity index (χ2n) is 6.65. The lowest BCUT2D eigenvalue weighted by Gasteiger charge is -2.24. The summed E-state index contributed by atoms with van der Waals surface area (Å²) < 4.78 is 0. The quantitative estimate of drug-likeness (QED) is 0.575. The molecule has 3 aromatic rings. The maximum absolute atomic E-state index is 12.7. The molecule has 0 aliphatic heterocycles. The van der Waals surface area contributed by atoms with Crippen molar-refractivity contribution in [3.05, 3.63) is 82.3 Å². The molecule has 8 heteroatoms. The minimum Gasteiger partial charge on any atom is -0.501 e. The Hall–Kier alpha value is -3.16. The van der Waals surface area contributed by atoms with Gasteiger partial charge in [-0.05, 0) is 31.3 Å². The number of rotatable bonds is 6. The van der Waals surface area contributed by atoms with E-state index in [1.165, 1.54) is 0 Å². The Morgan fingerprint density at radius 2 is 1.72 bits per heavy atom. The van der Waals surface area contributed by atoms with E-state index in [1.54, 1.807) is 24.3 Å². The molecule has 7 nitrogen and oxygen atoms in total. The van der Waals surface area contributed by atoms with E-state index in [9.17, 15) is 15.0 Å². The highest BCUT2D eigenvalue weighted by atomic mass is 35.5. The second kappa shape index (κ2) is 8.89. The lowest BCUT2D eigenvalue weighted by atomic mass is 10.1. The average Bonchev–Trinajstić information content (AvgIpc) is 2.70. The molecule has 1 unspecified atom stereocenters. The van der Waals surface area contributed by atoms with Crippen LogP contribution in [-0.2, 0) is 6.54 Å². The first-order valence-electron chi connectivity index (χ1n) is 8.91. The molecule has 29 heavy (non-hydrogen) atoms. The zero-order chi connectivity index (χ0) is 21.0. The summed E-state index contributed by atoms with van der Waals surface area (Å²) in [6.45, 7) is 0.147. The van der Waals surface area contributed by atoms with E-state index in [2.05, 4.69) is 15.3 Å². The molecule has 2 aromatic carbocycles. The van der Waals surface area contributed by atoms with Gasteiger partial charge >= 0.3 is 0 Å². The number of nitrogens with one attached hydrogen (secondary N) is 1. The molecule has 1 heterocycles. The van der Waals surface area contributed by atoms with Gasteiger partial charge in [0.1, 0.15) is 0 Å². The Bertz CT molecular complexity index is 1010. The van der Waals surface area contributed by atoms with Gasteiger partial charge in [-0.2, -0.15) is 4.98 Å². The molecule has 0 saturated heterocycles. The van der Waals surface area contributed by atoms with E-state index in [1.807, 2.05) is 49.3 Å². The molecule has 0 spiro atoms. The number of aromatic hydroxyl groups is 2. The molecule has 0 aliphatic carbocycles. The number of halogens is 1. The van der Waals surface area contributed by atoms with Crippen LogP contribution in [0.5, 0.6) is 11.6 Å². The summed E-state index contributed by atoms with van der Waals surface area (Å²) in [6, 6.07) is 16.1. The topological polar surface area (TPSA) is 98.6 Å². The van der Waals surface area contributed by atoms with Crippen LogP contribution in [0.15, 0.2) is 54.6 Å². The van der Waals surface area contributed by atoms with E-state index >= 15 is 0 Å². The molecular weight excluding hydrogens is 392 g/mol. The highest BCUT2D eigenvalue weighted by molar-refractivity contribution is 6.31. The van der Waals surface area contributed by atoms with Crippen molar-refractivity contribution in [2.45, 2.75) is 12.6 Å². The van der Waals surface area contributed by atoms with E-state index in [-0.39, 0.29) is 18.1 Å². The third kappa shape index (κ3) is 4.64. The van der Waals surface area contributed by atoms with Crippen molar-refractivity contribution in [2.75, 3.05) is 14.1 Å². The normalized spacial score (nSPS) is 12.0. The van der Waals surface area contributed by atoms with Gasteiger partial charge in [0.05, 0.1) is 6.04 Å². The highest BCUT2D eigenvalue weighted by Gasteiger charge is 2.26. The minimum atomic E-state index is -0.670. The third-order valence-corrected chi connectivity index (χ3v) is 4.74. The number of carbonyl (C=O) groups excluding carboxylic acids is 1. The maximum Gasteiger partial charge on any atom is 0.274 e. The van der Waals surface area contributed by atoms with Crippen LogP contribution in [0.4, 0.5) is 0 Å². The van der Waals surface area contributed by atoms with Gasteiger partial charge in [-0.25, -0.2) is 4.98 Å². The fraction of sp³-hybridized carbons (Fsp3) is 0.190. The van der Waals surface area contributed by atoms with Crippen molar-refractivity contribution in [3.63, 3.8) is 0 Å². The van der Waals surface area contributed by atoms with Gasteiger partial charge in [0.15, 0.2) is 11.5 Å². The van der Waals surface area contributed by atoms with Crippen LogP contribution < -0.4 is 5.32 Å². The van der Waals surface area contributed by atoms with Gasteiger partial charge in [0, 0.05) is 11.6 Å². The first kappa shape index (κ1) is 20.6.